The Morgan fingerprint density at radius 3 is 2.00 bits per heavy atom. The van der Waals surface area contributed by atoms with Gasteiger partial charge in [0.25, 0.3) is 0 Å². The van der Waals surface area contributed by atoms with Gasteiger partial charge in [0.05, 0.1) is 11.6 Å². The zero-order chi connectivity index (χ0) is 12.3. The number of carboxylic acids is 1. The van der Waals surface area contributed by atoms with E-state index in [4.69, 9.17) is 10.8 Å². The maximum absolute atomic E-state index is 10.7. The Morgan fingerprint density at radius 1 is 0.941 bits per heavy atom. The molecule has 1 atom stereocenters. The van der Waals surface area contributed by atoms with Crippen molar-refractivity contribution < 1.29 is 9.90 Å². The number of carbonyl (C=O) groups is 1. The van der Waals surface area contributed by atoms with Gasteiger partial charge in [0.15, 0.2) is 0 Å². The molecule has 17 heavy (non-hydrogen) atoms. The van der Waals surface area contributed by atoms with Gasteiger partial charge in [-0.15, -0.1) is 0 Å². The van der Waals surface area contributed by atoms with Crippen molar-refractivity contribution in [3.05, 3.63) is 71.3 Å². The molecule has 3 nitrogen and oxygen atoms in total. The average Bonchev–Trinajstić information content (AvgIpc) is 2.39. The number of aromatic carboxylic acids is 1. The van der Waals surface area contributed by atoms with Crippen LogP contribution < -0.4 is 5.73 Å². The monoisotopic (exact) mass is 227 g/mol. The highest BCUT2D eigenvalue weighted by Gasteiger charge is 2.09. The molecule has 3 N–H and O–H groups in total. The first-order chi connectivity index (χ1) is 8.18. The molecule has 86 valence electrons. The van der Waals surface area contributed by atoms with Crippen molar-refractivity contribution in [1.82, 2.24) is 0 Å². The Kier molecular flexibility index (Phi) is 3.21. The molecule has 0 aliphatic carbocycles. The molecule has 3 heteroatoms. The van der Waals surface area contributed by atoms with Gasteiger partial charge in [-0.25, -0.2) is 4.79 Å². The highest BCUT2D eigenvalue weighted by Crippen LogP contribution is 2.19. The van der Waals surface area contributed by atoms with Crippen LogP contribution in [0.2, 0.25) is 0 Å². The van der Waals surface area contributed by atoms with Crippen LogP contribution in [0, 0.1) is 0 Å². The number of nitrogens with two attached hydrogens (primary N) is 1. The summed E-state index contributed by atoms with van der Waals surface area (Å²) in [5.74, 6) is -0.926. The van der Waals surface area contributed by atoms with Crippen LogP contribution in [0.4, 0.5) is 0 Å². The highest BCUT2D eigenvalue weighted by molar-refractivity contribution is 5.87. The van der Waals surface area contributed by atoms with Crippen molar-refractivity contribution in [2.45, 2.75) is 6.04 Å². The fourth-order valence-electron chi connectivity index (χ4n) is 1.69. The highest BCUT2D eigenvalue weighted by atomic mass is 16.4. The Morgan fingerprint density at radius 2 is 1.47 bits per heavy atom. The van der Waals surface area contributed by atoms with E-state index in [0.717, 1.165) is 11.1 Å². The summed E-state index contributed by atoms with van der Waals surface area (Å²) in [5.41, 5.74) is 8.28. The first kappa shape index (κ1) is 11.4. The summed E-state index contributed by atoms with van der Waals surface area (Å²) in [6.07, 6.45) is 0. The van der Waals surface area contributed by atoms with Gasteiger partial charge in [-0.2, -0.15) is 0 Å². The van der Waals surface area contributed by atoms with Gasteiger partial charge >= 0.3 is 5.97 Å². The molecule has 0 saturated heterocycles. The van der Waals surface area contributed by atoms with Crippen LogP contribution in [0.25, 0.3) is 0 Å². The topological polar surface area (TPSA) is 63.3 Å². The van der Waals surface area contributed by atoms with Crippen molar-refractivity contribution in [3.63, 3.8) is 0 Å². The van der Waals surface area contributed by atoms with E-state index in [2.05, 4.69) is 0 Å². The number of hydrogen-bond donors (Lipinski definition) is 2. The standard InChI is InChI=1S/C14H13NO2/c15-13(10-4-2-1-3-5-10)11-6-8-12(9-7-11)14(16)17/h1-9,13H,15H2,(H,16,17). The lowest BCUT2D eigenvalue weighted by Crippen LogP contribution is -2.11. The van der Waals surface area contributed by atoms with E-state index in [1.54, 1.807) is 24.3 Å². The van der Waals surface area contributed by atoms with Crippen molar-refractivity contribution >= 4 is 5.97 Å². The van der Waals surface area contributed by atoms with E-state index in [1.807, 2.05) is 30.3 Å². The minimum Gasteiger partial charge on any atom is -0.478 e. The lowest BCUT2D eigenvalue weighted by molar-refractivity contribution is 0.0697. The third-order valence-corrected chi connectivity index (χ3v) is 2.68. The van der Waals surface area contributed by atoms with E-state index in [-0.39, 0.29) is 11.6 Å². The van der Waals surface area contributed by atoms with Gasteiger partial charge in [0.1, 0.15) is 0 Å². The second-order valence-electron chi connectivity index (χ2n) is 3.82. The van der Waals surface area contributed by atoms with E-state index in [9.17, 15) is 4.79 Å². The molecule has 0 aliphatic rings. The minimum absolute atomic E-state index is 0.223. The molecule has 2 aromatic carbocycles. The van der Waals surface area contributed by atoms with Crippen LogP contribution in [0.15, 0.2) is 54.6 Å². The first-order valence-electron chi connectivity index (χ1n) is 5.32. The van der Waals surface area contributed by atoms with Crippen LogP contribution in [0.3, 0.4) is 0 Å². The fourth-order valence-corrected chi connectivity index (χ4v) is 1.69. The summed E-state index contributed by atoms with van der Waals surface area (Å²) in [7, 11) is 0. The van der Waals surface area contributed by atoms with Crippen molar-refractivity contribution in [2.75, 3.05) is 0 Å². The Hall–Kier alpha value is -2.13. The number of benzene rings is 2. The molecule has 0 saturated carbocycles. The molecule has 2 aromatic rings. The van der Waals surface area contributed by atoms with Gasteiger partial charge in [-0.3, -0.25) is 0 Å². The van der Waals surface area contributed by atoms with Gasteiger partial charge in [0, 0.05) is 0 Å². The van der Waals surface area contributed by atoms with Gasteiger partial charge in [-0.05, 0) is 23.3 Å². The van der Waals surface area contributed by atoms with Crippen molar-refractivity contribution in [1.29, 1.82) is 0 Å². The van der Waals surface area contributed by atoms with Crippen molar-refractivity contribution in [2.24, 2.45) is 5.73 Å². The summed E-state index contributed by atoms with van der Waals surface area (Å²) in [4.78, 5) is 10.7. The molecule has 2 rings (SSSR count). The average molecular weight is 227 g/mol. The van der Waals surface area contributed by atoms with Gasteiger partial charge < -0.3 is 10.8 Å². The van der Waals surface area contributed by atoms with Crippen molar-refractivity contribution in [3.8, 4) is 0 Å². The van der Waals surface area contributed by atoms with Crippen LogP contribution in [-0.2, 0) is 0 Å². The Balaban J connectivity index is 2.26. The van der Waals surface area contributed by atoms with Crippen LogP contribution in [0.5, 0.6) is 0 Å². The lowest BCUT2D eigenvalue weighted by Gasteiger charge is -2.12. The minimum atomic E-state index is -0.926. The molecular weight excluding hydrogens is 214 g/mol. The number of hydrogen-bond acceptors (Lipinski definition) is 2. The lowest BCUT2D eigenvalue weighted by atomic mass is 9.99. The van der Waals surface area contributed by atoms with E-state index < -0.39 is 5.97 Å². The molecule has 0 aliphatic heterocycles. The molecule has 0 amide bonds. The second-order valence-corrected chi connectivity index (χ2v) is 3.82. The Bertz CT molecular complexity index is 506. The molecule has 0 bridgehead atoms. The molecule has 0 radical (unpaired) electrons. The number of carboxylic acid groups (broad SMARTS) is 1. The third-order valence-electron chi connectivity index (χ3n) is 2.68. The van der Waals surface area contributed by atoms with Crippen LogP contribution >= 0.6 is 0 Å². The predicted octanol–water partition coefficient (Wildman–Crippen LogP) is 2.43. The summed E-state index contributed by atoms with van der Waals surface area (Å²) in [6, 6.07) is 16.1. The zero-order valence-corrected chi connectivity index (χ0v) is 9.21. The molecule has 1 unspecified atom stereocenters. The Labute approximate surface area is 99.5 Å². The molecule has 0 heterocycles. The predicted molar refractivity (Wildman–Crippen MR) is 65.9 cm³/mol. The quantitative estimate of drug-likeness (QED) is 0.846. The fraction of sp³-hybridized carbons (Fsp3) is 0.0714. The zero-order valence-electron chi connectivity index (χ0n) is 9.21. The SMILES string of the molecule is NC(c1ccccc1)c1ccc(C(=O)O)cc1. The first-order valence-corrected chi connectivity index (χ1v) is 5.32. The van der Waals surface area contributed by atoms with Gasteiger partial charge in [-0.1, -0.05) is 42.5 Å². The maximum atomic E-state index is 10.7. The largest absolute Gasteiger partial charge is 0.478 e. The van der Waals surface area contributed by atoms with E-state index in [0.29, 0.717) is 0 Å². The molecule has 0 aromatic heterocycles. The summed E-state index contributed by atoms with van der Waals surface area (Å²) in [5, 5.41) is 8.80. The molecular formula is C14H13NO2. The van der Waals surface area contributed by atoms with E-state index in [1.165, 1.54) is 0 Å². The maximum Gasteiger partial charge on any atom is 0.335 e. The normalized spacial score (nSPS) is 12.1. The summed E-state index contributed by atoms with van der Waals surface area (Å²) in [6.45, 7) is 0. The smallest absolute Gasteiger partial charge is 0.335 e. The molecule has 0 spiro atoms. The second kappa shape index (κ2) is 4.80. The van der Waals surface area contributed by atoms with Crippen LogP contribution in [-0.4, -0.2) is 11.1 Å². The summed E-state index contributed by atoms with van der Waals surface area (Å²) < 4.78 is 0. The van der Waals surface area contributed by atoms with Gasteiger partial charge in [0.2, 0.25) is 0 Å². The molecule has 0 fully saturated rings. The third kappa shape index (κ3) is 2.52. The van der Waals surface area contributed by atoms with Crippen LogP contribution in [0.1, 0.15) is 27.5 Å². The summed E-state index contributed by atoms with van der Waals surface area (Å²) >= 11 is 0. The number of rotatable bonds is 3. The van der Waals surface area contributed by atoms with E-state index >= 15 is 0 Å².